The summed E-state index contributed by atoms with van der Waals surface area (Å²) in [6.07, 6.45) is 0. The minimum absolute atomic E-state index is 0.159. The third-order valence-electron chi connectivity index (χ3n) is 4.32. The number of benzene rings is 1. The Bertz CT molecular complexity index is 743. The molecule has 1 rings (SSSR count). The molecule has 0 heterocycles. The lowest BCUT2D eigenvalue weighted by Crippen LogP contribution is -2.46. The van der Waals surface area contributed by atoms with Gasteiger partial charge in [0.25, 0.3) is 0 Å². The molecule has 9 heteroatoms. The monoisotopic (exact) mass is 415 g/mol. The van der Waals surface area contributed by atoms with Gasteiger partial charge in [-0.2, -0.15) is 0 Å². The zero-order valence-electron chi connectivity index (χ0n) is 17.7. The van der Waals surface area contributed by atoms with Gasteiger partial charge in [-0.25, -0.2) is 12.8 Å². The Kier molecular flexibility index (Phi) is 9.68. The summed E-state index contributed by atoms with van der Waals surface area (Å²) in [5.41, 5.74) is 0.682. The van der Waals surface area contributed by atoms with Crippen molar-refractivity contribution in [2.24, 2.45) is 4.99 Å². The predicted octanol–water partition coefficient (Wildman–Crippen LogP) is 2.16. The minimum Gasteiger partial charge on any atom is -0.355 e. The predicted molar refractivity (Wildman–Crippen MR) is 115 cm³/mol. The van der Waals surface area contributed by atoms with Gasteiger partial charge in [0.2, 0.25) is 10.0 Å². The number of nitrogens with one attached hydrogen (secondary N) is 3. The van der Waals surface area contributed by atoms with E-state index in [4.69, 9.17) is 0 Å². The summed E-state index contributed by atoms with van der Waals surface area (Å²) in [5.74, 6) is -0.0587. The van der Waals surface area contributed by atoms with Crippen LogP contribution in [0.3, 0.4) is 0 Å². The highest BCUT2D eigenvalue weighted by Crippen LogP contribution is 2.14. The Morgan fingerprint density at radius 3 is 2.29 bits per heavy atom. The van der Waals surface area contributed by atoms with E-state index in [1.54, 1.807) is 20.0 Å². The summed E-state index contributed by atoms with van der Waals surface area (Å²) in [5, 5.41) is 6.18. The quantitative estimate of drug-likeness (QED) is 0.403. The zero-order valence-corrected chi connectivity index (χ0v) is 18.5. The van der Waals surface area contributed by atoms with E-state index in [9.17, 15) is 12.8 Å². The molecule has 0 aromatic heterocycles. The van der Waals surface area contributed by atoms with Crippen LogP contribution in [-0.2, 0) is 10.0 Å². The summed E-state index contributed by atoms with van der Waals surface area (Å²) in [7, 11) is -1.96. The molecule has 0 spiro atoms. The molecule has 0 bridgehead atoms. The first-order valence-corrected chi connectivity index (χ1v) is 11.2. The Morgan fingerprint density at radius 2 is 1.75 bits per heavy atom. The van der Waals surface area contributed by atoms with Crippen LogP contribution in [0.2, 0.25) is 0 Å². The van der Waals surface area contributed by atoms with Crippen molar-refractivity contribution < 1.29 is 12.8 Å². The standard InChI is InChI=1S/C19H34FN5O2S/c1-14(2)25(15(3)4)11-9-22-19(21-6)23-10-12-28(26,27)24-17-8-7-16(5)18(20)13-17/h7-8,13-15,24H,9-12H2,1-6H3,(H2,21,22,23). The maximum Gasteiger partial charge on any atom is 0.234 e. The average Bonchev–Trinajstić information content (AvgIpc) is 2.59. The van der Waals surface area contributed by atoms with Crippen molar-refractivity contribution in [2.75, 3.05) is 37.2 Å². The van der Waals surface area contributed by atoms with Gasteiger partial charge >= 0.3 is 0 Å². The van der Waals surface area contributed by atoms with Crippen LogP contribution in [0.4, 0.5) is 10.1 Å². The fourth-order valence-corrected chi connectivity index (χ4v) is 3.79. The molecule has 0 unspecified atom stereocenters. The second kappa shape index (κ2) is 11.2. The van der Waals surface area contributed by atoms with Crippen LogP contribution >= 0.6 is 0 Å². The van der Waals surface area contributed by atoms with E-state index in [0.29, 0.717) is 30.2 Å². The average molecular weight is 416 g/mol. The molecule has 0 aliphatic rings. The third-order valence-corrected chi connectivity index (χ3v) is 5.61. The van der Waals surface area contributed by atoms with Crippen molar-refractivity contribution in [3.05, 3.63) is 29.6 Å². The van der Waals surface area contributed by atoms with Gasteiger partial charge in [-0.15, -0.1) is 0 Å². The van der Waals surface area contributed by atoms with E-state index in [0.717, 1.165) is 6.54 Å². The minimum atomic E-state index is -3.59. The first-order valence-electron chi connectivity index (χ1n) is 9.52. The molecule has 160 valence electrons. The summed E-state index contributed by atoms with van der Waals surface area (Å²) < 4.78 is 40.3. The van der Waals surface area contributed by atoms with Gasteiger partial charge in [0, 0.05) is 38.8 Å². The lowest BCUT2D eigenvalue weighted by Gasteiger charge is -2.30. The number of guanidine groups is 1. The molecule has 1 aromatic rings. The molecule has 0 fully saturated rings. The van der Waals surface area contributed by atoms with Crippen LogP contribution in [-0.4, -0.2) is 63.8 Å². The van der Waals surface area contributed by atoms with E-state index in [1.807, 2.05) is 0 Å². The topological polar surface area (TPSA) is 85.8 Å². The van der Waals surface area contributed by atoms with E-state index in [2.05, 4.69) is 52.9 Å². The van der Waals surface area contributed by atoms with Crippen molar-refractivity contribution >= 4 is 21.7 Å². The number of aryl methyl sites for hydroxylation is 1. The smallest absolute Gasteiger partial charge is 0.234 e. The Hall–Kier alpha value is -1.87. The van der Waals surface area contributed by atoms with E-state index in [-0.39, 0.29) is 18.0 Å². The first-order chi connectivity index (χ1) is 13.1. The highest BCUT2D eigenvalue weighted by Gasteiger charge is 2.14. The molecule has 0 saturated heterocycles. The van der Waals surface area contributed by atoms with Crippen molar-refractivity contribution in [1.29, 1.82) is 0 Å². The molecular weight excluding hydrogens is 381 g/mol. The lowest BCUT2D eigenvalue weighted by atomic mass is 10.2. The van der Waals surface area contributed by atoms with Crippen LogP contribution in [0.1, 0.15) is 33.3 Å². The van der Waals surface area contributed by atoms with Gasteiger partial charge in [-0.3, -0.25) is 14.6 Å². The fourth-order valence-electron chi connectivity index (χ4n) is 2.83. The number of rotatable bonds is 10. The van der Waals surface area contributed by atoms with Gasteiger partial charge in [-0.1, -0.05) is 6.07 Å². The van der Waals surface area contributed by atoms with Crippen LogP contribution < -0.4 is 15.4 Å². The van der Waals surface area contributed by atoms with Crippen LogP contribution in [0.5, 0.6) is 0 Å². The SMILES string of the molecule is CN=C(NCCN(C(C)C)C(C)C)NCCS(=O)(=O)Nc1ccc(C)c(F)c1. The number of aliphatic imine (C=N–C) groups is 1. The molecular formula is C19H34FN5O2S. The number of anilines is 1. The van der Waals surface area contributed by atoms with Crippen LogP contribution in [0.25, 0.3) is 0 Å². The fraction of sp³-hybridized carbons (Fsp3) is 0.632. The summed E-state index contributed by atoms with van der Waals surface area (Å²) in [6.45, 7) is 12.0. The van der Waals surface area contributed by atoms with Crippen molar-refractivity contribution in [2.45, 2.75) is 46.7 Å². The Morgan fingerprint density at radius 1 is 1.14 bits per heavy atom. The molecule has 0 aliphatic heterocycles. The molecule has 3 N–H and O–H groups in total. The van der Waals surface area contributed by atoms with Crippen molar-refractivity contribution in [3.8, 4) is 0 Å². The highest BCUT2D eigenvalue weighted by molar-refractivity contribution is 7.92. The van der Waals surface area contributed by atoms with E-state index >= 15 is 0 Å². The molecule has 0 atom stereocenters. The van der Waals surface area contributed by atoms with Gasteiger partial charge in [0.1, 0.15) is 5.82 Å². The molecule has 0 saturated carbocycles. The molecule has 1 aromatic carbocycles. The van der Waals surface area contributed by atoms with E-state index in [1.165, 1.54) is 12.1 Å². The summed E-state index contributed by atoms with van der Waals surface area (Å²) in [6, 6.07) is 5.14. The number of halogens is 1. The second-order valence-electron chi connectivity index (χ2n) is 7.24. The highest BCUT2D eigenvalue weighted by atomic mass is 32.2. The molecule has 0 amide bonds. The van der Waals surface area contributed by atoms with Crippen LogP contribution in [0, 0.1) is 12.7 Å². The maximum atomic E-state index is 13.6. The largest absolute Gasteiger partial charge is 0.355 e. The summed E-state index contributed by atoms with van der Waals surface area (Å²) >= 11 is 0. The maximum absolute atomic E-state index is 13.6. The van der Waals surface area contributed by atoms with Crippen LogP contribution in [0.15, 0.2) is 23.2 Å². The molecule has 7 nitrogen and oxygen atoms in total. The number of hydrogen-bond acceptors (Lipinski definition) is 4. The number of nitrogens with zero attached hydrogens (tertiary/aromatic N) is 2. The third kappa shape index (κ3) is 8.43. The second-order valence-corrected chi connectivity index (χ2v) is 9.08. The van der Waals surface area contributed by atoms with Gasteiger partial charge in [0.15, 0.2) is 5.96 Å². The normalized spacial score (nSPS) is 12.7. The number of sulfonamides is 1. The number of hydrogen-bond donors (Lipinski definition) is 3. The Labute approximate surface area is 168 Å². The van der Waals surface area contributed by atoms with E-state index < -0.39 is 15.8 Å². The van der Waals surface area contributed by atoms with Gasteiger partial charge in [0.05, 0.1) is 11.4 Å². The van der Waals surface area contributed by atoms with Gasteiger partial charge in [-0.05, 0) is 52.3 Å². The van der Waals surface area contributed by atoms with Crippen molar-refractivity contribution in [1.82, 2.24) is 15.5 Å². The molecule has 0 aliphatic carbocycles. The lowest BCUT2D eigenvalue weighted by molar-refractivity contribution is 0.178. The first kappa shape index (κ1) is 24.2. The zero-order chi connectivity index (χ0) is 21.3. The van der Waals surface area contributed by atoms with Crippen molar-refractivity contribution in [3.63, 3.8) is 0 Å². The molecule has 0 radical (unpaired) electrons. The summed E-state index contributed by atoms with van der Waals surface area (Å²) in [4.78, 5) is 6.47. The van der Waals surface area contributed by atoms with Gasteiger partial charge < -0.3 is 10.6 Å². The Balaban J connectivity index is 2.45. The molecule has 28 heavy (non-hydrogen) atoms.